The topological polar surface area (TPSA) is 64.6 Å². The number of rotatable bonds is 4. The molecule has 1 heterocycles. The summed E-state index contributed by atoms with van der Waals surface area (Å²) in [4.78, 5) is 0. The van der Waals surface area contributed by atoms with E-state index in [1.807, 2.05) is 12.1 Å². The van der Waals surface area contributed by atoms with Gasteiger partial charge in [-0.15, -0.1) is 0 Å². The second kappa shape index (κ2) is 5.69. The van der Waals surface area contributed by atoms with Gasteiger partial charge in [-0.25, -0.2) is 8.42 Å². The van der Waals surface area contributed by atoms with Crippen molar-refractivity contribution in [1.29, 1.82) is 0 Å². The van der Waals surface area contributed by atoms with Crippen LogP contribution in [0.3, 0.4) is 0 Å². The Morgan fingerprint density at radius 1 is 1.26 bits per heavy atom. The molecule has 19 heavy (non-hydrogen) atoms. The molecule has 2 rings (SSSR count). The molecule has 1 N–H and O–H groups in total. The van der Waals surface area contributed by atoms with Crippen LogP contribution in [0.5, 0.6) is 11.5 Å². The van der Waals surface area contributed by atoms with Crippen LogP contribution in [0.4, 0.5) is 5.69 Å². The van der Waals surface area contributed by atoms with E-state index in [4.69, 9.17) is 9.47 Å². The molecule has 1 aromatic carbocycles. The molecular weight excluding hydrogens is 266 g/mol. The first-order chi connectivity index (χ1) is 9.04. The van der Waals surface area contributed by atoms with E-state index in [9.17, 15) is 8.42 Å². The van der Waals surface area contributed by atoms with Gasteiger partial charge in [-0.05, 0) is 25.0 Å². The third kappa shape index (κ3) is 3.53. The van der Waals surface area contributed by atoms with E-state index in [1.165, 1.54) is 0 Å². The van der Waals surface area contributed by atoms with E-state index in [0.717, 1.165) is 12.1 Å². The molecule has 1 unspecified atom stereocenters. The smallest absolute Gasteiger partial charge is 0.152 e. The van der Waals surface area contributed by atoms with Crippen LogP contribution in [0.15, 0.2) is 18.2 Å². The van der Waals surface area contributed by atoms with Crippen molar-refractivity contribution in [3.63, 3.8) is 0 Å². The normalized spacial score (nSPS) is 21.7. The Morgan fingerprint density at radius 2 is 2.05 bits per heavy atom. The highest BCUT2D eigenvalue weighted by Crippen LogP contribution is 2.30. The molecule has 0 saturated carbocycles. The molecule has 1 aliphatic rings. The number of ether oxygens (including phenoxy) is 2. The van der Waals surface area contributed by atoms with E-state index in [-0.39, 0.29) is 11.8 Å². The maximum Gasteiger partial charge on any atom is 0.152 e. The van der Waals surface area contributed by atoms with Gasteiger partial charge in [-0.2, -0.15) is 0 Å². The molecule has 6 heteroatoms. The predicted molar refractivity (Wildman–Crippen MR) is 74.8 cm³/mol. The fraction of sp³-hybridized carbons (Fsp3) is 0.538. The Labute approximate surface area is 113 Å². The second-order valence-corrected chi connectivity index (χ2v) is 6.89. The summed E-state index contributed by atoms with van der Waals surface area (Å²) in [5.74, 6) is 1.86. The summed E-state index contributed by atoms with van der Waals surface area (Å²) >= 11 is 0. The predicted octanol–water partition coefficient (Wildman–Crippen LogP) is 1.69. The summed E-state index contributed by atoms with van der Waals surface area (Å²) < 4.78 is 33.7. The van der Waals surface area contributed by atoms with E-state index in [2.05, 4.69) is 5.32 Å². The molecular formula is C13H19NO4S. The maximum atomic E-state index is 11.6. The molecule has 0 aliphatic carbocycles. The molecule has 0 radical (unpaired) electrons. The van der Waals surface area contributed by atoms with Crippen LogP contribution in [0.2, 0.25) is 0 Å². The lowest BCUT2D eigenvalue weighted by Gasteiger charge is -2.25. The first-order valence-corrected chi connectivity index (χ1v) is 8.05. The largest absolute Gasteiger partial charge is 0.497 e. The van der Waals surface area contributed by atoms with E-state index in [0.29, 0.717) is 23.7 Å². The van der Waals surface area contributed by atoms with Crippen LogP contribution in [0.1, 0.15) is 12.8 Å². The lowest BCUT2D eigenvalue weighted by Crippen LogP contribution is -2.34. The number of hydrogen-bond donors (Lipinski definition) is 1. The van der Waals surface area contributed by atoms with Crippen molar-refractivity contribution in [2.24, 2.45) is 0 Å². The van der Waals surface area contributed by atoms with Crippen LogP contribution in [-0.2, 0) is 9.84 Å². The van der Waals surface area contributed by atoms with Crippen molar-refractivity contribution in [3.05, 3.63) is 18.2 Å². The van der Waals surface area contributed by atoms with Gasteiger partial charge in [0.25, 0.3) is 0 Å². The molecule has 1 aliphatic heterocycles. The Morgan fingerprint density at radius 3 is 2.68 bits per heavy atom. The highest BCUT2D eigenvalue weighted by molar-refractivity contribution is 7.91. The summed E-state index contributed by atoms with van der Waals surface area (Å²) in [7, 11) is 0.260. The lowest BCUT2D eigenvalue weighted by atomic mass is 10.1. The SMILES string of the molecule is COc1ccc(OC)c(NC2CCCS(=O)(=O)C2)c1. The van der Waals surface area contributed by atoms with Gasteiger partial charge in [0.2, 0.25) is 0 Å². The number of anilines is 1. The van der Waals surface area contributed by atoms with Gasteiger partial charge in [0.05, 0.1) is 31.4 Å². The third-order valence-electron chi connectivity index (χ3n) is 3.23. The average molecular weight is 285 g/mol. The molecule has 5 nitrogen and oxygen atoms in total. The van der Waals surface area contributed by atoms with Crippen LogP contribution in [0.25, 0.3) is 0 Å². The minimum Gasteiger partial charge on any atom is -0.497 e. The fourth-order valence-corrected chi connectivity index (χ4v) is 3.92. The van der Waals surface area contributed by atoms with Crippen molar-refractivity contribution in [2.45, 2.75) is 18.9 Å². The van der Waals surface area contributed by atoms with Gasteiger partial charge in [0.1, 0.15) is 11.5 Å². The Kier molecular flexibility index (Phi) is 4.19. The zero-order valence-electron chi connectivity index (χ0n) is 11.2. The highest BCUT2D eigenvalue weighted by Gasteiger charge is 2.25. The van der Waals surface area contributed by atoms with E-state index in [1.54, 1.807) is 20.3 Å². The molecule has 1 fully saturated rings. The van der Waals surface area contributed by atoms with Gasteiger partial charge in [0.15, 0.2) is 9.84 Å². The van der Waals surface area contributed by atoms with Gasteiger partial charge >= 0.3 is 0 Å². The molecule has 0 bridgehead atoms. The summed E-state index contributed by atoms with van der Waals surface area (Å²) in [6.45, 7) is 0. The molecule has 1 aromatic rings. The first-order valence-electron chi connectivity index (χ1n) is 6.23. The van der Waals surface area contributed by atoms with Gasteiger partial charge in [0, 0.05) is 12.1 Å². The van der Waals surface area contributed by atoms with Crippen molar-refractivity contribution in [2.75, 3.05) is 31.0 Å². The Bertz CT molecular complexity index is 542. The zero-order chi connectivity index (χ0) is 13.9. The summed E-state index contributed by atoms with van der Waals surface area (Å²) in [5.41, 5.74) is 0.768. The molecule has 1 saturated heterocycles. The maximum absolute atomic E-state index is 11.6. The van der Waals surface area contributed by atoms with Crippen LogP contribution in [-0.4, -0.2) is 40.2 Å². The first kappa shape index (κ1) is 14.0. The van der Waals surface area contributed by atoms with Crippen molar-refractivity contribution in [3.8, 4) is 11.5 Å². The number of nitrogens with one attached hydrogen (secondary N) is 1. The van der Waals surface area contributed by atoms with Crippen LogP contribution >= 0.6 is 0 Å². The minimum atomic E-state index is -2.92. The quantitative estimate of drug-likeness (QED) is 0.912. The monoisotopic (exact) mass is 285 g/mol. The minimum absolute atomic E-state index is 0.0697. The molecule has 1 atom stereocenters. The average Bonchev–Trinajstić information content (AvgIpc) is 2.37. The highest BCUT2D eigenvalue weighted by atomic mass is 32.2. The summed E-state index contributed by atoms with van der Waals surface area (Å²) in [6.07, 6.45) is 1.55. The number of methoxy groups -OCH3 is 2. The van der Waals surface area contributed by atoms with Crippen molar-refractivity contribution in [1.82, 2.24) is 0 Å². The molecule has 0 spiro atoms. The summed E-state index contributed by atoms with van der Waals surface area (Å²) in [5, 5.41) is 3.25. The van der Waals surface area contributed by atoms with E-state index >= 15 is 0 Å². The van der Waals surface area contributed by atoms with Crippen LogP contribution < -0.4 is 14.8 Å². The van der Waals surface area contributed by atoms with Crippen molar-refractivity contribution < 1.29 is 17.9 Å². The van der Waals surface area contributed by atoms with Gasteiger partial charge in [-0.3, -0.25) is 0 Å². The zero-order valence-corrected chi connectivity index (χ0v) is 12.0. The Balaban J connectivity index is 2.17. The molecule has 0 aromatic heterocycles. The fourth-order valence-electron chi connectivity index (χ4n) is 2.28. The lowest BCUT2D eigenvalue weighted by molar-refractivity contribution is 0.404. The van der Waals surface area contributed by atoms with Gasteiger partial charge in [-0.1, -0.05) is 0 Å². The third-order valence-corrected chi connectivity index (χ3v) is 5.05. The number of benzene rings is 1. The van der Waals surface area contributed by atoms with E-state index < -0.39 is 9.84 Å². The molecule has 0 amide bonds. The van der Waals surface area contributed by atoms with Crippen LogP contribution in [0, 0.1) is 0 Å². The Hall–Kier alpha value is -1.43. The molecule has 106 valence electrons. The van der Waals surface area contributed by atoms with Gasteiger partial charge < -0.3 is 14.8 Å². The second-order valence-electron chi connectivity index (χ2n) is 4.66. The summed E-state index contributed by atoms with van der Waals surface area (Å²) in [6, 6.07) is 5.36. The number of hydrogen-bond acceptors (Lipinski definition) is 5. The standard InChI is InChI=1S/C13H19NO4S/c1-17-11-5-6-13(18-2)12(8-11)14-10-4-3-7-19(15,16)9-10/h5-6,8,10,14H,3-4,7,9H2,1-2H3. The van der Waals surface area contributed by atoms with Crippen molar-refractivity contribution >= 4 is 15.5 Å². The number of sulfone groups is 1.